The lowest BCUT2D eigenvalue weighted by atomic mass is 10.1. The van der Waals surface area contributed by atoms with Crippen LogP contribution in [0.25, 0.3) is 0 Å². The number of ether oxygens (including phenoxy) is 2. The molecule has 0 saturated carbocycles. The number of hydrogen-bond acceptors (Lipinski definition) is 6. The van der Waals surface area contributed by atoms with E-state index in [2.05, 4.69) is 10.6 Å². The van der Waals surface area contributed by atoms with E-state index in [-0.39, 0.29) is 38.1 Å². The molecule has 3 aromatic rings. The Balaban J connectivity index is 1.26. The Labute approximate surface area is 259 Å². The number of aryl methyl sites for hydroxylation is 2. The van der Waals surface area contributed by atoms with Crippen molar-refractivity contribution in [3.05, 3.63) is 107 Å². The average molecular weight is 603 g/mol. The summed E-state index contributed by atoms with van der Waals surface area (Å²) in [5.74, 6) is -0.0201. The van der Waals surface area contributed by atoms with Crippen molar-refractivity contribution >= 4 is 24.0 Å². The second kappa shape index (κ2) is 18.6. The number of benzene rings is 3. The molecule has 0 atom stereocenters. The summed E-state index contributed by atoms with van der Waals surface area (Å²) in [5, 5.41) is 5.40. The van der Waals surface area contributed by atoms with Crippen molar-refractivity contribution in [2.75, 3.05) is 40.4 Å². The van der Waals surface area contributed by atoms with E-state index >= 15 is 0 Å². The summed E-state index contributed by atoms with van der Waals surface area (Å²) in [6.45, 7) is 1.27. The molecule has 0 spiro atoms. The first-order valence-corrected chi connectivity index (χ1v) is 14.7. The van der Waals surface area contributed by atoms with Crippen LogP contribution in [0.2, 0.25) is 0 Å². The van der Waals surface area contributed by atoms with Crippen LogP contribution >= 0.6 is 0 Å². The number of nitrogens with zero attached hydrogens (tertiary/aromatic N) is 2. The van der Waals surface area contributed by atoms with Crippen molar-refractivity contribution in [1.29, 1.82) is 0 Å². The van der Waals surface area contributed by atoms with Crippen LogP contribution in [0, 0.1) is 0 Å². The lowest BCUT2D eigenvalue weighted by molar-refractivity contribution is -0.131. The molecule has 234 valence electrons. The zero-order valence-corrected chi connectivity index (χ0v) is 25.5. The quantitative estimate of drug-likeness (QED) is 0.252. The predicted molar refractivity (Wildman–Crippen MR) is 168 cm³/mol. The molecule has 10 heteroatoms. The Bertz CT molecular complexity index is 1240. The Morgan fingerprint density at radius 3 is 1.36 bits per heavy atom. The van der Waals surface area contributed by atoms with Crippen LogP contribution in [0.3, 0.4) is 0 Å². The van der Waals surface area contributed by atoms with Crippen LogP contribution in [0.15, 0.2) is 84.9 Å². The Kier molecular flexibility index (Phi) is 14.2. The van der Waals surface area contributed by atoms with E-state index in [1.807, 2.05) is 84.9 Å². The molecule has 0 unspecified atom stereocenters. The molecule has 0 saturated heterocycles. The number of nitrogens with one attached hydrogen (secondary N) is 2. The highest BCUT2D eigenvalue weighted by Crippen LogP contribution is 2.07. The second-order valence-corrected chi connectivity index (χ2v) is 10.4. The highest BCUT2D eigenvalue weighted by Gasteiger charge is 2.12. The Hall–Kier alpha value is -4.86. The van der Waals surface area contributed by atoms with E-state index in [0.29, 0.717) is 38.8 Å². The third kappa shape index (κ3) is 13.0. The van der Waals surface area contributed by atoms with Crippen molar-refractivity contribution in [3.63, 3.8) is 0 Å². The van der Waals surface area contributed by atoms with E-state index in [1.54, 1.807) is 23.9 Å². The smallest absolute Gasteiger partial charge is 0.407 e. The van der Waals surface area contributed by atoms with Crippen LogP contribution in [0.5, 0.6) is 0 Å². The van der Waals surface area contributed by atoms with Crippen molar-refractivity contribution in [2.45, 2.75) is 38.8 Å². The van der Waals surface area contributed by atoms with Crippen LogP contribution in [-0.2, 0) is 45.0 Å². The molecule has 0 aliphatic carbocycles. The van der Waals surface area contributed by atoms with Gasteiger partial charge in [-0.25, -0.2) is 9.59 Å². The SMILES string of the molecule is CN(CCOC(=O)NCc1cccc(CNC(=O)OCCN(C)C(=O)CCc2ccccc2)c1)C(=O)CCc1ccccc1. The summed E-state index contributed by atoms with van der Waals surface area (Å²) in [6.07, 6.45) is 0.956. The summed E-state index contributed by atoms with van der Waals surface area (Å²) < 4.78 is 10.4. The first-order chi connectivity index (χ1) is 21.3. The van der Waals surface area contributed by atoms with Crippen molar-refractivity contribution in [2.24, 2.45) is 0 Å². The average Bonchev–Trinajstić information content (AvgIpc) is 3.05. The molecule has 0 aliphatic heterocycles. The number of carbonyl (C=O) groups is 4. The topological polar surface area (TPSA) is 117 Å². The van der Waals surface area contributed by atoms with Gasteiger partial charge in [-0.15, -0.1) is 0 Å². The molecule has 0 aliphatic rings. The van der Waals surface area contributed by atoms with Gasteiger partial charge >= 0.3 is 12.2 Å². The van der Waals surface area contributed by atoms with Crippen molar-refractivity contribution in [1.82, 2.24) is 20.4 Å². The molecule has 10 nitrogen and oxygen atoms in total. The van der Waals surface area contributed by atoms with Crippen molar-refractivity contribution < 1.29 is 28.7 Å². The molecule has 0 aromatic heterocycles. The number of alkyl carbamates (subject to hydrolysis) is 2. The third-order valence-electron chi connectivity index (χ3n) is 6.98. The monoisotopic (exact) mass is 602 g/mol. The molecule has 0 radical (unpaired) electrons. The van der Waals surface area contributed by atoms with Crippen LogP contribution in [-0.4, -0.2) is 74.2 Å². The summed E-state index contributed by atoms with van der Waals surface area (Å²) in [7, 11) is 3.38. The minimum absolute atomic E-state index is 0.0101. The number of amides is 4. The minimum Gasteiger partial charge on any atom is -0.448 e. The molecule has 3 rings (SSSR count). The largest absolute Gasteiger partial charge is 0.448 e. The van der Waals surface area contributed by atoms with E-state index < -0.39 is 12.2 Å². The fourth-order valence-corrected chi connectivity index (χ4v) is 4.27. The fraction of sp³-hybridized carbons (Fsp3) is 0.353. The van der Waals surface area contributed by atoms with Gasteiger partial charge in [0.25, 0.3) is 0 Å². The lowest BCUT2D eigenvalue weighted by Crippen LogP contribution is -2.33. The molecule has 0 heterocycles. The predicted octanol–water partition coefficient (Wildman–Crippen LogP) is 4.32. The zero-order chi connectivity index (χ0) is 31.6. The van der Waals surface area contributed by atoms with Gasteiger partial charge < -0.3 is 29.9 Å². The van der Waals surface area contributed by atoms with Gasteiger partial charge in [0.15, 0.2) is 0 Å². The van der Waals surface area contributed by atoms with Crippen LogP contribution < -0.4 is 10.6 Å². The molecular formula is C34H42N4O6. The second-order valence-electron chi connectivity index (χ2n) is 10.4. The summed E-state index contributed by atoms with van der Waals surface area (Å²) in [6, 6.07) is 27.0. The summed E-state index contributed by atoms with van der Waals surface area (Å²) in [5.41, 5.74) is 3.87. The van der Waals surface area contributed by atoms with Gasteiger partial charge in [0.05, 0.1) is 13.1 Å². The van der Waals surface area contributed by atoms with Gasteiger partial charge in [-0.05, 0) is 35.1 Å². The maximum Gasteiger partial charge on any atom is 0.407 e. The number of likely N-dealkylation sites (N-methyl/N-ethyl adjacent to an activating group) is 2. The molecular weight excluding hydrogens is 560 g/mol. The molecule has 2 N–H and O–H groups in total. The van der Waals surface area contributed by atoms with Crippen molar-refractivity contribution in [3.8, 4) is 0 Å². The lowest BCUT2D eigenvalue weighted by Gasteiger charge is -2.17. The first kappa shape index (κ1) is 33.6. The molecule has 3 aromatic carbocycles. The van der Waals surface area contributed by atoms with Gasteiger partial charge in [0.2, 0.25) is 11.8 Å². The zero-order valence-electron chi connectivity index (χ0n) is 25.5. The summed E-state index contributed by atoms with van der Waals surface area (Å²) >= 11 is 0. The highest BCUT2D eigenvalue weighted by atomic mass is 16.6. The first-order valence-electron chi connectivity index (χ1n) is 14.7. The number of carbonyl (C=O) groups excluding carboxylic acids is 4. The third-order valence-corrected chi connectivity index (χ3v) is 6.98. The maximum absolute atomic E-state index is 12.3. The van der Waals surface area contributed by atoms with E-state index in [4.69, 9.17) is 9.47 Å². The standard InChI is InChI=1S/C34H42N4O6/c1-37(31(39)18-16-27-10-5-3-6-11-27)20-22-43-33(41)35-25-29-14-9-15-30(24-29)26-36-34(42)44-23-21-38(2)32(40)19-17-28-12-7-4-8-13-28/h3-15,24H,16-23,25-26H2,1-2H3,(H,35,41)(H,36,42). The van der Waals surface area contributed by atoms with Gasteiger partial charge in [-0.3, -0.25) is 9.59 Å². The fourth-order valence-electron chi connectivity index (χ4n) is 4.27. The highest BCUT2D eigenvalue weighted by molar-refractivity contribution is 5.76. The number of rotatable bonds is 16. The van der Waals surface area contributed by atoms with E-state index in [9.17, 15) is 19.2 Å². The molecule has 0 bridgehead atoms. The normalized spacial score (nSPS) is 10.4. The number of hydrogen-bond donors (Lipinski definition) is 2. The molecule has 44 heavy (non-hydrogen) atoms. The molecule has 0 fully saturated rings. The minimum atomic E-state index is -0.578. The Morgan fingerprint density at radius 2 is 0.955 bits per heavy atom. The van der Waals surface area contributed by atoms with E-state index in [0.717, 1.165) is 22.3 Å². The van der Waals surface area contributed by atoms with Gasteiger partial charge in [-0.2, -0.15) is 0 Å². The van der Waals surface area contributed by atoms with Gasteiger partial charge in [0, 0.05) is 40.0 Å². The van der Waals surface area contributed by atoms with Crippen LogP contribution in [0.1, 0.15) is 35.1 Å². The molecule has 4 amide bonds. The van der Waals surface area contributed by atoms with Gasteiger partial charge in [0.1, 0.15) is 13.2 Å². The maximum atomic E-state index is 12.3. The van der Waals surface area contributed by atoms with Gasteiger partial charge in [-0.1, -0.05) is 84.9 Å². The van der Waals surface area contributed by atoms with E-state index in [1.165, 1.54) is 0 Å². The Morgan fingerprint density at radius 1 is 0.568 bits per heavy atom. The summed E-state index contributed by atoms with van der Waals surface area (Å²) in [4.78, 5) is 52.0. The van der Waals surface area contributed by atoms with Crippen LogP contribution in [0.4, 0.5) is 9.59 Å².